The molecule has 0 aromatic heterocycles. The lowest BCUT2D eigenvalue weighted by Crippen LogP contribution is -2.54. The van der Waals surface area contributed by atoms with Gasteiger partial charge in [-0.2, -0.15) is 0 Å². The molecule has 0 bridgehead atoms. The third-order valence-corrected chi connectivity index (χ3v) is 4.10. The normalized spacial score (nSPS) is 18.0. The topological polar surface area (TPSA) is 17.1 Å². The molecule has 106 valence electrons. The summed E-state index contributed by atoms with van der Waals surface area (Å²) >= 11 is 0. The van der Waals surface area contributed by atoms with Crippen LogP contribution in [0.25, 0.3) is 0 Å². The molecule has 1 fully saturated rings. The van der Waals surface area contributed by atoms with Gasteiger partial charge in [0.05, 0.1) is 19.6 Å². The number of rotatable bonds is 6. The second-order valence-electron chi connectivity index (χ2n) is 5.64. The van der Waals surface area contributed by atoms with E-state index in [1.165, 1.54) is 19.3 Å². The summed E-state index contributed by atoms with van der Waals surface area (Å²) in [4.78, 5) is 12.5. The molecule has 0 atom stereocenters. The van der Waals surface area contributed by atoms with Gasteiger partial charge in [0.15, 0.2) is 0 Å². The molecule has 0 aliphatic carbocycles. The third-order valence-electron chi connectivity index (χ3n) is 4.10. The summed E-state index contributed by atoms with van der Waals surface area (Å²) in [5.41, 5.74) is 0.836. The Balaban J connectivity index is 2.09. The summed E-state index contributed by atoms with van der Waals surface area (Å²) in [5, 5.41) is 0. The number of nitrogens with zero attached hydrogens (tertiary/aromatic N) is 1. The highest BCUT2D eigenvalue weighted by atomic mass is 16.1. The van der Waals surface area contributed by atoms with E-state index in [1.807, 2.05) is 36.4 Å². The first-order valence-electron chi connectivity index (χ1n) is 7.47. The molecule has 0 spiro atoms. The van der Waals surface area contributed by atoms with Crippen molar-refractivity contribution in [2.24, 2.45) is 0 Å². The summed E-state index contributed by atoms with van der Waals surface area (Å²) in [6.45, 7) is 7.49. The second kappa shape index (κ2) is 7.20. The summed E-state index contributed by atoms with van der Waals surface area (Å²) in [5.74, 6) is 0.263. The SMILES string of the molecule is C=CC=CC[N+]1(CC(=O)c2ccccc2)CCCCC1. The van der Waals surface area contributed by atoms with E-state index in [-0.39, 0.29) is 5.78 Å². The molecule has 20 heavy (non-hydrogen) atoms. The van der Waals surface area contributed by atoms with E-state index in [2.05, 4.69) is 12.7 Å². The Kier molecular flexibility index (Phi) is 5.31. The molecular weight excluding hydrogens is 246 g/mol. The maximum absolute atomic E-state index is 12.5. The van der Waals surface area contributed by atoms with Crippen molar-refractivity contribution in [2.75, 3.05) is 26.2 Å². The van der Waals surface area contributed by atoms with Gasteiger partial charge in [-0.1, -0.05) is 49.1 Å². The van der Waals surface area contributed by atoms with Crippen molar-refractivity contribution < 1.29 is 9.28 Å². The van der Waals surface area contributed by atoms with Gasteiger partial charge in [0.25, 0.3) is 0 Å². The van der Waals surface area contributed by atoms with Gasteiger partial charge in [0.1, 0.15) is 6.54 Å². The Morgan fingerprint density at radius 2 is 1.85 bits per heavy atom. The van der Waals surface area contributed by atoms with Crippen LogP contribution in [0.5, 0.6) is 0 Å². The Labute approximate surface area is 122 Å². The number of allylic oxidation sites excluding steroid dienone is 2. The summed E-state index contributed by atoms with van der Waals surface area (Å²) in [7, 11) is 0. The summed E-state index contributed by atoms with van der Waals surface area (Å²) in [6.07, 6.45) is 9.69. The van der Waals surface area contributed by atoms with E-state index >= 15 is 0 Å². The first kappa shape index (κ1) is 14.7. The molecule has 0 radical (unpaired) electrons. The number of piperidine rings is 1. The minimum Gasteiger partial charge on any atom is -0.314 e. The smallest absolute Gasteiger partial charge is 0.216 e. The number of carbonyl (C=O) groups excluding carboxylic acids is 1. The van der Waals surface area contributed by atoms with Crippen LogP contribution in [0.1, 0.15) is 29.6 Å². The highest BCUT2D eigenvalue weighted by Crippen LogP contribution is 2.20. The van der Waals surface area contributed by atoms with Gasteiger partial charge < -0.3 is 4.48 Å². The van der Waals surface area contributed by atoms with Crippen LogP contribution >= 0.6 is 0 Å². The molecular formula is C18H24NO+. The van der Waals surface area contributed by atoms with Crippen molar-refractivity contribution >= 4 is 5.78 Å². The van der Waals surface area contributed by atoms with E-state index in [9.17, 15) is 4.79 Å². The van der Waals surface area contributed by atoms with E-state index in [0.717, 1.165) is 29.7 Å². The lowest BCUT2D eigenvalue weighted by atomic mass is 10.0. The molecule has 0 N–H and O–H groups in total. The number of likely N-dealkylation sites (tertiary alicyclic amines) is 1. The van der Waals surface area contributed by atoms with Crippen LogP contribution in [-0.2, 0) is 0 Å². The van der Waals surface area contributed by atoms with Crippen LogP contribution in [0.4, 0.5) is 0 Å². The van der Waals surface area contributed by atoms with Crippen molar-refractivity contribution in [3.63, 3.8) is 0 Å². The largest absolute Gasteiger partial charge is 0.314 e. The predicted octanol–water partition coefficient (Wildman–Crippen LogP) is 3.61. The maximum Gasteiger partial charge on any atom is 0.216 e. The zero-order valence-corrected chi connectivity index (χ0v) is 12.1. The van der Waals surface area contributed by atoms with Crippen LogP contribution < -0.4 is 0 Å². The first-order valence-corrected chi connectivity index (χ1v) is 7.47. The molecule has 2 heteroatoms. The van der Waals surface area contributed by atoms with Gasteiger partial charge in [-0.25, -0.2) is 0 Å². The lowest BCUT2D eigenvalue weighted by Gasteiger charge is -2.40. The number of benzene rings is 1. The Bertz CT molecular complexity index is 469. The third kappa shape index (κ3) is 3.91. The molecule has 0 saturated carbocycles. The van der Waals surface area contributed by atoms with Gasteiger partial charge in [0, 0.05) is 5.56 Å². The molecule has 1 aliphatic heterocycles. The fourth-order valence-corrected chi connectivity index (χ4v) is 2.99. The Morgan fingerprint density at radius 1 is 1.15 bits per heavy atom. The molecule has 0 amide bonds. The number of ketones is 1. The molecule has 1 aliphatic rings. The van der Waals surface area contributed by atoms with Crippen molar-refractivity contribution in [3.8, 4) is 0 Å². The maximum atomic E-state index is 12.5. The zero-order chi connectivity index (χ0) is 14.3. The van der Waals surface area contributed by atoms with Crippen LogP contribution in [0.3, 0.4) is 0 Å². The fraction of sp³-hybridized carbons (Fsp3) is 0.389. The van der Waals surface area contributed by atoms with Gasteiger partial charge in [0.2, 0.25) is 5.78 Å². The van der Waals surface area contributed by atoms with Crippen molar-refractivity contribution in [1.82, 2.24) is 0 Å². The minimum atomic E-state index is 0.263. The molecule has 2 rings (SSSR count). The number of hydrogen-bond donors (Lipinski definition) is 0. The van der Waals surface area contributed by atoms with E-state index in [0.29, 0.717) is 6.54 Å². The molecule has 1 aromatic carbocycles. The van der Waals surface area contributed by atoms with E-state index in [1.54, 1.807) is 6.08 Å². The van der Waals surface area contributed by atoms with Gasteiger partial charge in [-0.15, -0.1) is 0 Å². The second-order valence-corrected chi connectivity index (χ2v) is 5.64. The number of carbonyl (C=O) groups is 1. The van der Waals surface area contributed by atoms with E-state index < -0.39 is 0 Å². The molecule has 2 nitrogen and oxygen atoms in total. The molecule has 1 saturated heterocycles. The summed E-state index contributed by atoms with van der Waals surface area (Å²) in [6, 6.07) is 9.66. The quantitative estimate of drug-likeness (QED) is 0.438. The van der Waals surface area contributed by atoms with Crippen LogP contribution in [0, 0.1) is 0 Å². The van der Waals surface area contributed by atoms with Crippen molar-refractivity contribution in [1.29, 1.82) is 0 Å². The number of Topliss-reactive ketones (excluding diaryl/α,β-unsaturated/α-hetero) is 1. The van der Waals surface area contributed by atoms with Crippen molar-refractivity contribution in [3.05, 3.63) is 60.7 Å². The molecule has 1 heterocycles. The fourth-order valence-electron chi connectivity index (χ4n) is 2.99. The highest BCUT2D eigenvalue weighted by molar-refractivity contribution is 5.96. The first-order chi connectivity index (χ1) is 9.76. The highest BCUT2D eigenvalue weighted by Gasteiger charge is 2.31. The van der Waals surface area contributed by atoms with Gasteiger partial charge in [-0.05, 0) is 25.3 Å². The predicted molar refractivity (Wildman–Crippen MR) is 83.7 cm³/mol. The van der Waals surface area contributed by atoms with Gasteiger partial charge >= 0.3 is 0 Å². The standard InChI is InChI=1S/C18H24NO/c1-2-3-8-13-19(14-9-5-10-15-19)16-18(20)17-11-6-4-7-12-17/h2-4,6-8,11-12H,1,5,9-10,13-16H2/q+1. The lowest BCUT2D eigenvalue weighted by molar-refractivity contribution is -0.919. The van der Waals surface area contributed by atoms with E-state index in [4.69, 9.17) is 0 Å². The Morgan fingerprint density at radius 3 is 2.50 bits per heavy atom. The van der Waals surface area contributed by atoms with Gasteiger partial charge in [-0.3, -0.25) is 4.79 Å². The van der Waals surface area contributed by atoms with Crippen LogP contribution in [0.2, 0.25) is 0 Å². The average molecular weight is 270 g/mol. The number of hydrogen-bond acceptors (Lipinski definition) is 1. The van der Waals surface area contributed by atoms with Crippen LogP contribution in [0.15, 0.2) is 55.1 Å². The number of quaternary nitrogens is 1. The monoisotopic (exact) mass is 270 g/mol. The zero-order valence-electron chi connectivity index (χ0n) is 12.1. The minimum absolute atomic E-state index is 0.263. The molecule has 0 unspecified atom stereocenters. The average Bonchev–Trinajstić information content (AvgIpc) is 2.49. The van der Waals surface area contributed by atoms with Crippen molar-refractivity contribution in [2.45, 2.75) is 19.3 Å². The Hall–Kier alpha value is -1.67. The molecule has 1 aromatic rings. The summed E-state index contributed by atoms with van der Waals surface area (Å²) < 4.78 is 0.901. The van der Waals surface area contributed by atoms with Crippen LogP contribution in [-0.4, -0.2) is 36.4 Å².